The lowest BCUT2D eigenvalue weighted by Crippen LogP contribution is -1.95. The van der Waals surface area contributed by atoms with Crippen LogP contribution in [0.1, 0.15) is 11.1 Å². The number of nitrogen functional groups attached to an aromatic ring is 1. The van der Waals surface area contributed by atoms with Gasteiger partial charge in [-0.1, -0.05) is 12.1 Å². The van der Waals surface area contributed by atoms with Gasteiger partial charge in [0, 0.05) is 11.3 Å². The molecule has 2 aromatic carbocycles. The standard InChI is InChI=1S/C14H12N2O2/c15-8-10-3-1-2-4-14(10)18-12-5-6-13(16)11(7-12)9-17/h1-7,17H,9,16H2. The second-order valence-electron chi connectivity index (χ2n) is 3.73. The Kier molecular flexibility index (Phi) is 3.46. The third-order valence-corrected chi connectivity index (χ3v) is 2.52. The molecule has 4 heteroatoms. The van der Waals surface area contributed by atoms with Gasteiger partial charge in [-0.25, -0.2) is 0 Å². The van der Waals surface area contributed by atoms with Gasteiger partial charge in [-0.3, -0.25) is 0 Å². The van der Waals surface area contributed by atoms with Crippen LogP contribution in [0.4, 0.5) is 5.69 Å². The summed E-state index contributed by atoms with van der Waals surface area (Å²) < 4.78 is 5.61. The lowest BCUT2D eigenvalue weighted by molar-refractivity contribution is 0.282. The lowest BCUT2D eigenvalue weighted by Gasteiger charge is -2.09. The van der Waals surface area contributed by atoms with Crippen LogP contribution in [-0.4, -0.2) is 5.11 Å². The molecule has 2 aromatic rings. The summed E-state index contributed by atoms with van der Waals surface area (Å²) in [6, 6.07) is 14.0. The normalized spacial score (nSPS) is 9.78. The van der Waals surface area contributed by atoms with Gasteiger partial charge in [0.05, 0.1) is 12.2 Å². The maximum absolute atomic E-state index is 9.12. The average molecular weight is 240 g/mol. The van der Waals surface area contributed by atoms with E-state index in [1.54, 1.807) is 42.5 Å². The number of benzene rings is 2. The zero-order chi connectivity index (χ0) is 13.0. The molecule has 0 fully saturated rings. The summed E-state index contributed by atoms with van der Waals surface area (Å²) in [6.45, 7) is -0.150. The third-order valence-electron chi connectivity index (χ3n) is 2.52. The first-order valence-electron chi connectivity index (χ1n) is 5.41. The highest BCUT2D eigenvalue weighted by atomic mass is 16.5. The van der Waals surface area contributed by atoms with Crippen molar-refractivity contribution < 1.29 is 9.84 Å². The number of rotatable bonds is 3. The molecular formula is C14H12N2O2. The van der Waals surface area contributed by atoms with Crippen molar-refractivity contribution in [1.82, 2.24) is 0 Å². The van der Waals surface area contributed by atoms with Crippen molar-refractivity contribution in [3.05, 3.63) is 53.6 Å². The number of anilines is 1. The van der Waals surface area contributed by atoms with Crippen molar-refractivity contribution >= 4 is 5.69 Å². The summed E-state index contributed by atoms with van der Waals surface area (Å²) in [6.07, 6.45) is 0. The van der Waals surface area contributed by atoms with E-state index in [9.17, 15) is 0 Å². The minimum atomic E-state index is -0.150. The topological polar surface area (TPSA) is 79.3 Å². The Balaban J connectivity index is 2.32. The fourth-order valence-electron chi connectivity index (χ4n) is 1.56. The van der Waals surface area contributed by atoms with E-state index < -0.39 is 0 Å². The summed E-state index contributed by atoms with van der Waals surface area (Å²) in [5.74, 6) is 1.02. The summed E-state index contributed by atoms with van der Waals surface area (Å²) in [4.78, 5) is 0. The molecule has 0 aliphatic rings. The van der Waals surface area contributed by atoms with E-state index in [1.165, 1.54) is 0 Å². The number of nitriles is 1. The highest BCUT2D eigenvalue weighted by molar-refractivity contribution is 5.52. The summed E-state index contributed by atoms with van der Waals surface area (Å²) >= 11 is 0. The Morgan fingerprint density at radius 2 is 2.00 bits per heavy atom. The molecule has 18 heavy (non-hydrogen) atoms. The highest BCUT2D eigenvalue weighted by Crippen LogP contribution is 2.27. The monoisotopic (exact) mass is 240 g/mol. The lowest BCUT2D eigenvalue weighted by atomic mass is 10.2. The molecule has 0 aromatic heterocycles. The van der Waals surface area contributed by atoms with Crippen molar-refractivity contribution in [2.24, 2.45) is 0 Å². The van der Waals surface area contributed by atoms with E-state index in [0.29, 0.717) is 28.3 Å². The fraction of sp³-hybridized carbons (Fsp3) is 0.0714. The molecule has 0 bridgehead atoms. The summed E-state index contributed by atoms with van der Waals surface area (Å²) in [5.41, 5.74) is 7.25. The molecule has 3 N–H and O–H groups in total. The largest absolute Gasteiger partial charge is 0.456 e. The number of aliphatic hydroxyl groups is 1. The molecule has 2 rings (SSSR count). The van der Waals surface area contributed by atoms with Gasteiger partial charge in [-0.05, 0) is 30.3 Å². The zero-order valence-corrected chi connectivity index (χ0v) is 9.63. The van der Waals surface area contributed by atoms with Crippen molar-refractivity contribution in [3.63, 3.8) is 0 Å². The number of aliphatic hydroxyl groups excluding tert-OH is 1. The first kappa shape index (κ1) is 12.0. The van der Waals surface area contributed by atoms with Crippen LogP contribution in [0, 0.1) is 11.3 Å². The van der Waals surface area contributed by atoms with Gasteiger partial charge in [-0.15, -0.1) is 0 Å². The summed E-state index contributed by atoms with van der Waals surface area (Å²) in [5, 5.41) is 18.1. The second-order valence-corrected chi connectivity index (χ2v) is 3.73. The maximum Gasteiger partial charge on any atom is 0.145 e. The van der Waals surface area contributed by atoms with Gasteiger partial charge in [0.25, 0.3) is 0 Å². The van der Waals surface area contributed by atoms with Gasteiger partial charge < -0.3 is 15.6 Å². The van der Waals surface area contributed by atoms with Crippen LogP contribution in [0.2, 0.25) is 0 Å². The summed E-state index contributed by atoms with van der Waals surface area (Å²) in [7, 11) is 0. The molecule has 0 spiro atoms. The van der Waals surface area contributed by atoms with Gasteiger partial charge in [0.2, 0.25) is 0 Å². The van der Waals surface area contributed by atoms with Gasteiger partial charge in [0.1, 0.15) is 17.6 Å². The van der Waals surface area contributed by atoms with E-state index >= 15 is 0 Å². The molecule has 0 atom stereocenters. The number of hydrogen-bond acceptors (Lipinski definition) is 4. The highest BCUT2D eigenvalue weighted by Gasteiger charge is 2.05. The smallest absolute Gasteiger partial charge is 0.145 e. The number of hydrogen-bond donors (Lipinski definition) is 2. The number of nitrogens with zero attached hydrogens (tertiary/aromatic N) is 1. The quantitative estimate of drug-likeness (QED) is 0.807. The Hall–Kier alpha value is -2.51. The van der Waals surface area contributed by atoms with E-state index in [1.807, 2.05) is 0 Å². The van der Waals surface area contributed by atoms with Crippen molar-refractivity contribution in [2.45, 2.75) is 6.61 Å². The Bertz CT molecular complexity index is 603. The molecule has 90 valence electrons. The molecule has 0 saturated heterocycles. The third kappa shape index (κ3) is 2.42. The molecule has 0 saturated carbocycles. The van der Waals surface area contributed by atoms with Crippen LogP contribution >= 0.6 is 0 Å². The molecule has 0 unspecified atom stereocenters. The second kappa shape index (κ2) is 5.21. The van der Waals surface area contributed by atoms with Gasteiger partial charge in [0.15, 0.2) is 0 Å². The van der Waals surface area contributed by atoms with Crippen molar-refractivity contribution in [1.29, 1.82) is 5.26 Å². The minimum Gasteiger partial charge on any atom is -0.456 e. The Morgan fingerprint density at radius 1 is 1.22 bits per heavy atom. The van der Waals surface area contributed by atoms with Crippen LogP contribution in [0.15, 0.2) is 42.5 Å². The minimum absolute atomic E-state index is 0.150. The van der Waals surface area contributed by atoms with Crippen LogP contribution in [0.5, 0.6) is 11.5 Å². The average Bonchev–Trinajstić information content (AvgIpc) is 2.41. The van der Waals surface area contributed by atoms with Crippen LogP contribution in [-0.2, 0) is 6.61 Å². The zero-order valence-electron chi connectivity index (χ0n) is 9.63. The molecule has 0 heterocycles. The molecular weight excluding hydrogens is 228 g/mol. The molecule has 4 nitrogen and oxygen atoms in total. The molecule has 0 radical (unpaired) electrons. The Labute approximate surface area is 105 Å². The van der Waals surface area contributed by atoms with Crippen LogP contribution < -0.4 is 10.5 Å². The van der Waals surface area contributed by atoms with Crippen LogP contribution in [0.25, 0.3) is 0 Å². The molecule has 0 aliphatic heterocycles. The molecule has 0 aliphatic carbocycles. The first-order chi connectivity index (χ1) is 8.74. The predicted molar refractivity (Wildman–Crippen MR) is 68.0 cm³/mol. The van der Waals surface area contributed by atoms with E-state index in [0.717, 1.165) is 0 Å². The number of ether oxygens (including phenoxy) is 1. The molecule has 0 amide bonds. The maximum atomic E-state index is 9.12. The van der Waals surface area contributed by atoms with E-state index in [4.69, 9.17) is 20.8 Å². The number of para-hydroxylation sites is 1. The van der Waals surface area contributed by atoms with E-state index in [2.05, 4.69) is 6.07 Å². The van der Waals surface area contributed by atoms with Gasteiger partial charge >= 0.3 is 0 Å². The fourth-order valence-corrected chi connectivity index (χ4v) is 1.56. The SMILES string of the molecule is N#Cc1ccccc1Oc1ccc(N)c(CO)c1. The predicted octanol–water partition coefficient (Wildman–Crippen LogP) is 2.43. The van der Waals surface area contributed by atoms with Gasteiger partial charge in [-0.2, -0.15) is 5.26 Å². The first-order valence-corrected chi connectivity index (χ1v) is 5.41. The van der Waals surface area contributed by atoms with Crippen molar-refractivity contribution in [2.75, 3.05) is 5.73 Å². The Morgan fingerprint density at radius 3 is 2.72 bits per heavy atom. The van der Waals surface area contributed by atoms with E-state index in [-0.39, 0.29) is 6.61 Å². The number of nitrogens with two attached hydrogens (primary N) is 1. The van der Waals surface area contributed by atoms with Crippen LogP contribution in [0.3, 0.4) is 0 Å². The van der Waals surface area contributed by atoms with Crippen molar-refractivity contribution in [3.8, 4) is 17.6 Å².